The van der Waals surface area contributed by atoms with Crippen LogP contribution in [0.2, 0.25) is 0 Å². The number of aliphatic hydroxyl groups is 2. The molecule has 0 aromatic carbocycles. The molecular formula is C28H49F3O2. The normalized spacial score (nSPS) is 40.6. The largest absolute Gasteiger partial charge is 0.400 e. The van der Waals surface area contributed by atoms with Crippen molar-refractivity contribution in [2.75, 3.05) is 7.11 Å². The van der Waals surface area contributed by atoms with Crippen molar-refractivity contribution >= 4 is 0 Å². The molecule has 2 N–H and O–H groups in total. The van der Waals surface area contributed by atoms with Crippen LogP contribution in [-0.4, -0.2) is 29.6 Å². The molecule has 0 saturated heterocycles. The maximum atomic E-state index is 12.9. The van der Waals surface area contributed by atoms with E-state index in [0.29, 0.717) is 17.8 Å². The molecule has 8 atom stereocenters. The van der Waals surface area contributed by atoms with Gasteiger partial charge in [0, 0.05) is 7.11 Å². The van der Waals surface area contributed by atoms with Crippen LogP contribution >= 0.6 is 0 Å². The van der Waals surface area contributed by atoms with E-state index >= 15 is 0 Å². The molecule has 0 bridgehead atoms. The highest BCUT2D eigenvalue weighted by molar-refractivity contribution is 5.25. The maximum Gasteiger partial charge on any atom is 0.391 e. The summed E-state index contributed by atoms with van der Waals surface area (Å²) in [6.07, 6.45) is 9.25. The molecule has 3 fully saturated rings. The molecular weight excluding hydrogens is 425 g/mol. The van der Waals surface area contributed by atoms with E-state index < -0.39 is 12.1 Å². The van der Waals surface area contributed by atoms with Gasteiger partial charge in [0.15, 0.2) is 0 Å². The van der Waals surface area contributed by atoms with Crippen molar-refractivity contribution in [3.63, 3.8) is 0 Å². The quantitative estimate of drug-likeness (QED) is 0.406. The molecule has 8 unspecified atom stereocenters. The number of hydrogen-bond acceptors (Lipinski definition) is 2. The average molecular weight is 475 g/mol. The molecule has 0 aromatic heterocycles. The van der Waals surface area contributed by atoms with E-state index in [2.05, 4.69) is 19.9 Å². The van der Waals surface area contributed by atoms with Crippen molar-refractivity contribution in [3.8, 4) is 0 Å². The minimum absolute atomic E-state index is 0.158. The zero-order valence-electron chi connectivity index (χ0n) is 21.8. The molecule has 5 heteroatoms. The summed E-state index contributed by atoms with van der Waals surface area (Å²) < 4.78 is 38.6. The standard InChI is InChI=1S/C25H39F3O.C2H6.CH4O/c1-16(25(26,27)28)5-4-6-17-8-10-21-20-9-7-18-15-19(29)11-13-24(18,3)22(20)12-14-23(17,21)2;2*1-2/h7,16-17,19-22,29H,4-6,8-15H2,1-3H3;1-2H3;2H,1H3. The Hall–Kier alpha value is -0.550. The molecule has 0 heterocycles. The first kappa shape index (κ1) is 28.7. The monoisotopic (exact) mass is 474 g/mol. The average Bonchev–Trinajstić information content (AvgIpc) is 3.12. The molecule has 4 rings (SSSR count). The fraction of sp³-hybridized carbons (Fsp3) is 0.929. The van der Waals surface area contributed by atoms with Crippen LogP contribution in [0.15, 0.2) is 11.6 Å². The highest BCUT2D eigenvalue weighted by atomic mass is 19.4. The second kappa shape index (κ2) is 11.5. The Balaban J connectivity index is 0.000000914. The van der Waals surface area contributed by atoms with Crippen LogP contribution in [0, 0.1) is 40.4 Å². The molecule has 194 valence electrons. The predicted octanol–water partition coefficient (Wildman–Crippen LogP) is 7.93. The first-order valence-corrected chi connectivity index (χ1v) is 13.4. The summed E-state index contributed by atoms with van der Waals surface area (Å²) in [5.74, 6) is 1.62. The smallest absolute Gasteiger partial charge is 0.391 e. The number of fused-ring (bicyclic) bond motifs is 5. The molecule has 33 heavy (non-hydrogen) atoms. The van der Waals surface area contributed by atoms with E-state index in [9.17, 15) is 18.3 Å². The van der Waals surface area contributed by atoms with Crippen LogP contribution < -0.4 is 0 Å². The molecule has 4 aliphatic rings. The molecule has 0 spiro atoms. The van der Waals surface area contributed by atoms with Gasteiger partial charge in [-0.2, -0.15) is 13.2 Å². The summed E-state index contributed by atoms with van der Waals surface area (Å²) in [4.78, 5) is 0. The van der Waals surface area contributed by atoms with Gasteiger partial charge in [0.25, 0.3) is 0 Å². The van der Waals surface area contributed by atoms with Crippen LogP contribution in [0.25, 0.3) is 0 Å². The zero-order chi connectivity index (χ0) is 25.0. The van der Waals surface area contributed by atoms with Gasteiger partial charge < -0.3 is 10.2 Å². The number of aliphatic hydroxyl groups excluding tert-OH is 2. The van der Waals surface area contributed by atoms with Gasteiger partial charge in [-0.15, -0.1) is 0 Å². The number of hydrogen-bond donors (Lipinski definition) is 2. The number of halogens is 3. The molecule has 4 aliphatic carbocycles. The maximum absolute atomic E-state index is 12.9. The topological polar surface area (TPSA) is 40.5 Å². The van der Waals surface area contributed by atoms with Gasteiger partial charge in [-0.1, -0.05) is 52.7 Å². The lowest BCUT2D eigenvalue weighted by atomic mass is 9.47. The Bertz CT molecular complexity index is 646. The third kappa shape index (κ3) is 5.66. The second-order valence-corrected chi connectivity index (χ2v) is 11.3. The molecule has 0 radical (unpaired) electrons. The van der Waals surface area contributed by atoms with E-state index in [1.165, 1.54) is 38.2 Å². The fourth-order valence-corrected chi connectivity index (χ4v) is 8.06. The number of rotatable bonds is 4. The SMILES string of the molecule is CC.CC(CCCC1CCC2C3CC=C4CC(O)CCC4(C)C3CCC12C)C(F)(F)F.CO. The Morgan fingerprint density at radius 1 is 1.03 bits per heavy atom. The first-order chi connectivity index (χ1) is 15.6. The van der Waals surface area contributed by atoms with Gasteiger partial charge in [0.1, 0.15) is 0 Å². The van der Waals surface area contributed by atoms with Gasteiger partial charge in [0.05, 0.1) is 12.0 Å². The summed E-state index contributed by atoms with van der Waals surface area (Å²) in [5, 5.41) is 17.1. The van der Waals surface area contributed by atoms with E-state index in [1.54, 1.807) is 0 Å². The second-order valence-electron chi connectivity index (χ2n) is 11.3. The number of alkyl halides is 3. The Morgan fingerprint density at radius 3 is 2.33 bits per heavy atom. The van der Waals surface area contributed by atoms with Crippen molar-refractivity contribution in [2.24, 2.45) is 40.4 Å². The van der Waals surface area contributed by atoms with Gasteiger partial charge >= 0.3 is 6.18 Å². The van der Waals surface area contributed by atoms with E-state index in [0.717, 1.165) is 57.0 Å². The molecule has 0 aliphatic heterocycles. The highest BCUT2D eigenvalue weighted by Gasteiger charge is 2.58. The fourth-order valence-electron chi connectivity index (χ4n) is 8.06. The summed E-state index contributed by atoms with van der Waals surface area (Å²) in [6, 6.07) is 0. The molecule has 3 saturated carbocycles. The van der Waals surface area contributed by atoms with Crippen LogP contribution in [-0.2, 0) is 0 Å². The Kier molecular flexibility index (Phi) is 9.96. The van der Waals surface area contributed by atoms with Crippen LogP contribution in [0.5, 0.6) is 0 Å². The summed E-state index contributed by atoms with van der Waals surface area (Å²) in [7, 11) is 1.00. The van der Waals surface area contributed by atoms with Gasteiger partial charge in [-0.3, -0.25) is 0 Å². The van der Waals surface area contributed by atoms with E-state index in [4.69, 9.17) is 5.11 Å². The number of allylic oxidation sites excluding steroid dienone is 1. The van der Waals surface area contributed by atoms with Crippen LogP contribution in [0.1, 0.15) is 105 Å². The van der Waals surface area contributed by atoms with Crippen molar-refractivity contribution in [1.29, 1.82) is 0 Å². The lowest BCUT2D eigenvalue weighted by Crippen LogP contribution is -2.50. The van der Waals surface area contributed by atoms with Gasteiger partial charge in [-0.05, 0) is 98.7 Å². The van der Waals surface area contributed by atoms with E-state index in [-0.39, 0.29) is 17.9 Å². The summed E-state index contributed by atoms with van der Waals surface area (Å²) in [6.45, 7) is 10.2. The third-order valence-electron chi connectivity index (χ3n) is 10.0. The molecule has 0 aromatic rings. The van der Waals surface area contributed by atoms with Crippen molar-refractivity contribution < 1.29 is 23.4 Å². The van der Waals surface area contributed by atoms with Gasteiger partial charge in [0.2, 0.25) is 0 Å². The Labute approximate surface area is 200 Å². The molecule has 2 nitrogen and oxygen atoms in total. The van der Waals surface area contributed by atoms with Gasteiger partial charge in [-0.25, -0.2) is 0 Å². The Morgan fingerprint density at radius 2 is 1.70 bits per heavy atom. The molecule has 0 amide bonds. The summed E-state index contributed by atoms with van der Waals surface area (Å²) >= 11 is 0. The van der Waals surface area contributed by atoms with Crippen LogP contribution in [0.4, 0.5) is 13.2 Å². The minimum atomic E-state index is -4.05. The predicted molar refractivity (Wildman–Crippen MR) is 130 cm³/mol. The highest BCUT2D eigenvalue weighted by Crippen LogP contribution is 2.66. The van der Waals surface area contributed by atoms with Crippen LogP contribution in [0.3, 0.4) is 0 Å². The lowest BCUT2D eigenvalue weighted by Gasteiger charge is -2.58. The van der Waals surface area contributed by atoms with Crippen molar-refractivity contribution in [1.82, 2.24) is 0 Å². The van der Waals surface area contributed by atoms with E-state index in [1.807, 2.05) is 13.8 Å². The summed E-state index contributed by atoms with van der Waals surface area (Å²) in [5.41, 5.74) is 2.10. The zero-order valence-corrected chi connectivity index (χ0v) is 21.8. The van der Waals surface area contributed by atoms with Crippen molar-refractivity contribution in [2.45, 2.75) is 118 Å². The van der Waals surface area contributed by atoms with Crippen molar-refractivity contribution in [3.05, 3.63) is 11.6 Å². The first-order valence-electron chi connectivity index (χ1n) is 13.4. The lowest BCUT2D eigenvalue weighted by molar-refractivity contribution is -0.171. The third-order valence-corrected chi connectivity index (χ3v) is 10.0. The minimum Gasteiger partial charge on any atom is -0.400 e.